The fraction of sp³-hybridized carbons (Fsp3) is 0.417. The van der Waals surface area contributed by atoms with Crippen molar-refractivity contribution in [2.24, 2.45) is 0 Å². The Bertz CT molecular complexity index is 870. The molecule has 0 fully saturated rings. The van der Waals surface area contributed by atoms with E-state index in [1.54, 1.807) is 13.0 Å². The van der Waals surface area contributed by atoms with E-state index in [0.717, 1.165) is 18.4 Å². The second-order valence-electron chi connectivity index (χ2n) is 7.29. The lowest BCUT2D eigenvalue weighted by molar-refractivity contribution is -0.153. The van der Waals surface area contributed by atoms with Gasteiger partial charge in [0.05, 0.1) is 12.2 Å². The first-order chi connectivity index (χ1) is 14.0. The van der Waals surface area contributed by atoms with E-state index in [1.165, 1.54) is 18.4 Å². The first-order valence-electron chi connectivity index (χ1n) is 10.3. The number of aryl methyl sites for hydroxylation is 2. The normalized spacial score (nSPS) is 15.1. The zero-order chi connectivity index (χ0) is 20.8. The number of esters is 1. The van der Waals surface area contributed by atoms with Gasteiger partial charge in [-0.05, 0) is 49.9 Å². The minimum Gasteiger partial charge on any atom is -0.485 e. The predicted octanol–water partition coefficient (Wildman–Crippen LogP) is 4.66. The van der Waals surface area contributed by atoms with E-state index in [9.17, 15) is 9.59 Å². The van der Waals surface area contributed by atoms with E-state index in [-0.39, 0.29) is 19.0 Å². The summed E-state index contributed by atoms with van der Waals surface area (Å²) in [5.74, 6) is 0.133. The average molecular weight is 396 g/mol. The van der Waals surface area contributed by atoms with E-state index < -0.39 is 12.1 Å². The fourth-order valence-corrected chi connectivity index (χ4v) is 3.39. The van der Waals surface area contributed by atoms with E-state index in [0.29, 0.717) is 22.6 Å². The van der Waals surface area contributed by atoms with E-state index in [4.69, 9.17) is 14.2 Å². The van der Waals surface area contributed by atoms with Crippen molar-refractivity contribution in [1.29, 1.82) is 0 Å². The van der Waals surface area contributed by atoms with Crippen LogP contribution in [-0.4, -0.2) is 31.1 Å². The van der Waals surface area contributed by atoms with Gasteiger partial charge in [0.25, 0.3) is 0 Å². The summed E-state index contributed by atoms with van der Waals surface area (Å²) >= 11 is 0. The molecular formula is C24H28O5. The van der Waals surface area contributed by atoms with Crippen molar-refractivity contribution >= 4 is 11.8 Å². The van der Waals surface area contributed by atoms with Crippen LogP contribution in [0.25, 0.3) is 0 Å². The Morgan fingerprint density at radius 2 is 1.86 bits per heavy atom. The zero-order valence-electron chi connectivity index (χ0n) is 17.3. The summed E-state index contributed by atoms with van der Waals surface area (Å²) in [4.78, 5) is 25.3. The lowest BCUT2D eigenvalue weighted by atomic mass is 9.97. The van der Waals surface area contributed by atoms with Crippen LogP contribution < -0.4 is 9.47 Å². The molecule has 0 saturated carbocycles. The van der Waals surface area contributed by atoms with Crippen molar-refractivity contribution in [3.8, 4) is 11.5 Å². The monoisotopic (exact) mass is 396 g/mol. The molecule has 0 spiro atoms. The van der Waals surface area contributed by atoms with Crippen LogP contribution in [0.5, 0.6) is 11.5 Å². The molecule has 0 aromatic heterocycles. The molecule has 0 radical (unpaired) electrons. The molecule has 154 valence electrons. The Hall–Kier alpha value is -2.82. The molecule has 1 atom stereocenters. The standard InChI is InChI=1S/C24H28O5/c1-4-6-7-8-17-9-11-18(12-10-17)22(25)19-13-16(3)14-20-23(19)29-21(15-28-20)24(26)27-5-2/h9-14,21H,4-8,15H2,1-3H3. The van der Waals surface area contributed by atoms with Crippen LogP contribution in [0.4, 0.5) is 0 Å². The van der Waals surface area contributed by atoms with Gasteiger partial charge in [0.15, 0.2) is 17.3 Å². The highest BCUT2D eigenvalue weighted by atomic mass is 16.6. The third-order valence-corrected chi connectivity index (χ3v) is 4.93. The molecule has 0 amide bonds. The molecule has 5 nitrogen and oxygen atoms in total. The van der Waals surface area contributed by atoms with Gasteiger partial charge in [0.1, 0.15) is 6.61 Å². The van der Waals surface area contributed by atoms with Crippen molar-refractivity contribution in [3.05, 3.63) is 58.7 Å². The van der Waals surface area contributed by atoms with Crippen molar-refractivity contribution in [3.63, 3.8) is 0 Å². The Kier molecular flexibility index (Phi) is 6.91. The van der Waals surface area contributed by atoms with Gasteiger partial charge < -0.3 is 14.2 Å². The smallest absolute Gasteiger partial charge is 0.350 e. The van der Waals surface area contributed by atoms with Crippen LogP contribution in [0.1, 0.15) is 60.2 Å². The molecule has 0 bridgehead atoms. The number of fused-ring (bicyclic) bond motifs is 1. The second kappa shape index (κ2) is 9.59. The van der Waals surface area contributed by atoms with E-state index in [2.05, 4.69) is 6.92 Å². The highest BCUT2D eigenvalue weighted by Crippen LogP contribution is 2.38. The van der Waals surface area contributed by atoms with Crippen LogP contribution in [0.2, 0.25) is 0 Å². The number of ketones is 1. The van der Waals surface area contributed by atoms with Gasteiger partial charge in [0.2, 0.25) is 6.10 Å². The second-order valence-corrected chi connectivity index (χ2v) is 7.29. The van der Waals surface area contributed by atoms with E-state index >= 15 is 0 Å². The van der Waals surface area contributed by atoms with Crippen LogP contribution in [0, 0.1) is 6.92 Å². The molecule has 5 heteroatoms. The summed E-state index contributed by atoms with van der Waals surface area (Å²) in [6.07, 6.45) is 3.67. The summed E-state index contributed by atoms with van der Waals surface area (Å²) in [7, 11) is 0. The van der Waals surface area contributed by atoms with Gasteiger partial charge in [-0.15, -0.1) is 0 Å². The topological polar surface area (TPSA) is 61.8 Å². The van der Waals surface area contributed by atoms with Gasteiger partial charge in [0, 0.05) is 5.56 Å². The summed E-state index contributed by atoms with van der Waals surface area (Å²) in [5, 5.41) is 0. The molecule has 0 aliphatic carbocycles. The molecule has 29 heavy (non-hydrogen) atoms. The summed E-state index contributed by atoms with van der Waals surface area (Å²) in [6.45, 7) is 6.14. The number of hydrogen-bond donors (Lipinski definition) is 0. The highest BCUT2D eigenvalue weighted by Gasteiger charge is 2.32. The first kappa shape index (κ1) is 20.9. The van der Waals surface area contributed by atoms with Crippen molar-refractivity contribution in [1.82, 2.24) is 0 Å². The predicted molar refractivity (Wildman–Crippen MR) is 111 cm³/mol. The quantitative estimate of drug-likeness (QED) is 0.369. The summed E-state index contributed by atoms with van der Waals surface area (Å²) in [5.41, 5.74) is 3.09. The SMILES string of the molecule is CCCCCc1ccc(C(=O)c2cc(C)cc3c2OC(C(=O)OCC)CO3)cc1. The molecular weight excluding hydrogens is 368 g/mol. The molecule has 1 aliphatic rings. The molecule has 1 heterocycles. The number of carbonyl (C=O) groups is 2. The number of unbranched alkanes of at least 4 members (excludes halogenated alkanes) is 2. The maximum Gasteiger partial charge on any atom is 0.350 e. The molecule has 1 unspecified atom stereocenters. The lowest BCUT2D eigenvalue weighted by Gasteiger charge is -2.27. The molecule has 1 aliphatic heterocycles. The fourth-order valence-electron chi connectivity index (χ4n) is 3.39. The Morgan fingerprint density at radius 3 is 2.55 bits per heavy atom. The van der Waals surface area contributed by atoms with Crippen LogP contribution in [0.15, 0.2) is 36.4 Å². The first-order valence-corrected chi connectivity index (χ1v) is 10.3. The number of rotatable bonds is 8. The Labute approximate surface area is 172 Å². The van der Waals surface area contributed by atoms with E-state index in [1.807, 2.05) is 37.3 Å². The van der Waals surface area contributed by atoms with Crippen molar-refractivity contribution in [2.45, 2.75) is 52.6 Å². The third kappa shape index (κ3) is 4.97. The Balaban J connectivity index is 1.84. The number of carbonyl (C=O) groups excluding carboxylic acids is 2. The van der Waals surface area contributed by atoms with Gasteiger partial charge in [-0.1, -0.05) is 44.0 Å². The van der Waals surface area contributed by atoms with Gasteiger partial charge >= 0.3 is 5.97 Å². The van der Waals surface area contributed by atoms with Gasteiger partial charge in [-0.3, -0.25) is 4.79 Å². The molecule has 2 aromatic carbocycles. The third-order valence-electron chi connectivity index (χ3n) is 4.93. The van der Waals surface area contributed by atoms with Crippen molar-refractivity contribution < 1.29 is 23.8 Å². The average Bonchev–Trinajstić information content (AvgIpc) is 2.73. The van der Waals surface area contributed by atoms with Crippen LogP contribution in [0.3, 0.4) is 0 Å². The summed E-state index contributed by atoms with van der Waals surface area (Å²) < 4.78 is 16.6. The maximum absolute atomic E-state index is 13.2. The number of benzene rings is 2. The van der Waals surface area contributed by atoms with Gasteiger partial charge in [-0.2, -0.15) is 0 Å². The minimum atomic E-state index is -0.877. The maximum atomic E-state index is 13.2. The number of ether oxygens (including phenoxy) is 3. The lowest BCUT2D eigenvalue weighted by Crippen LogP contribution is -2.38. The highest BCUT2D eigenvalue weighted by molar-refractivity contribution is 6.11. The molecule has 3 rings (SSSR count). The largest absolute Gasteiger partial charge is 0.485 e. The van der Waals surface area contributed by atoms with Gasteiger partial charge in [-0.25, -0.2) is 4.79 Å². The molecule has 0 N–H and O–H groups in total. The molecule has 2 aromatic rings. The van der Waals surface area contributed by atoms with Crippen LogP contribution >= 0.6 is 0 Å². The summed E-state index contributed by atoms with van der Waals surface area (Å²) in [6, 6.07) is 11.3. The van der Waals surface area contributed by atoms with Crippen LogP contribution in [-0.2, 0) is 16.0 Å². The zero-order valence-corrected chi connectivity index (χ0v) is 17.3. The molecule has 0 saturated heterocycles. The van der Waals surface area contributed by atoms with Crippen molar-refractivity contribution in [2.75, 3.05) is 13.2 Å². The minimum absolute atomic E-state index is 0.0649. The Morgan fingerprint density at radius 1 is 1.10 bits per heavy atom. The number of hydrogen-bond acceptors (Lipinski definition) is 5.